The van der Waals surface area contributed by atoms with E-state index in [0.29, 0.717) is 5.92 Å². The molecule has 0 amide bonds. The number of nitrogens with zero attached hydrogens (tertiary/aromatic N) is 2. The maximum absolute atomic E-state index is 9.14. The lowest BCUT2D eigenvalue weighted by Gasteiger charge is -2.17. The molecule has 6 heteroatoms. The van der Waals surface area contributed by atoms with Gasteiger partial charge in [0.05, 0.1) is 26.5 Å². The van der Waals surface area contributed by atoms with E-state index >= 15 is 0 Å². The third-order valence-corrected chi connectivity index (χ3v) is 4.99. The Morgan fingerprint density at radius 3 is 2.91 bits per heavy atom. The Hall–Kier alpha value is -1.79. The van der Waals surface area contributed by atoms with E-state index < -0.39 is 0 Å². The first-order chi connectivity index (χ1) is 10.7. The molecule has 1 N–H and O–H groups in total. The Morgan fingerprint density at radius 1 is 1.36 bits per heavy atom. The zero-order valence-electron chi connectivity index (χ0n) is 12.8. The van der Waals surface area contributed by atoms with Crippen LogP contribution in [-0.4, -0.2) is 37.4 Å². The molecule has 1 atom stereocenters. The van der Waals surface area contributed by atoms with E-state index in [-0.39, 0.29) is 6.61 Å². The van der Waals surface area contributed by atoms with Crippen LogP contribution in [0.2, 0.25) is 0 Å². The second kappa shape index (κ2) is 6.54. The van der Waals surface area contributed by atoms with Gasteiger partial charge in [-0.2, -0.15) is 0 Å². The van der Waals surface area contributed by atoms with Crippen LogP contribution in [0.4, 0.5) is 5.13 Å². The van der Waals surface area contributed by atoms with Crippen LogP contribution in [0.5, 0.6) is 11.5 Å². The van der Waals surface area contributed by atoms with E-state index in [1.165, 1.54) is 5.56 Å². The molecule has 1 aliphatic rings. The summed E-state index contributed by atoms with van der Waals surface area (Å²) in [4.78, 5) is 6.72. The molecule has 0 saturated carbocycles. The van der Waals surface area contributed by atoms with Gasteiger partial charge >= 0.3 is 0 Å². The van der Waals surface area contributed by atoms with Gasteiger partial charge in [0.1, 0.15) is 11.5 Å². The number of aromatic nitrogens is 1. The molecule has 1 aromatic carbocycles. The van der Waals surface area contributed by atoms with Gasteiger partial charge in [-0.25, -0.2) is 4.98 Å². The van der Waals surface area contributed by atoms with Crippen LogP contribution >= 0.6 is 11.3 Å². The van der Waals surface area contributed by atoms with Gasteiger partial charge in [-0.3, -0.25) is 0 Å². The predicted octanol–water partition coefficient (Wildman–Crippen LogP) is 2.65. The van der Waals surface area contributed by atoms with Crippen molar-refractivity contribution in [2.75, 3.05) is 32.2 Å². The largest absolute Gasteiger partial charge is 0.497 e. The van der Waals surface area contributed by atoms with Crippen molar-refractivity contribution in [3.05, 3.63) is 34.8 Å². The first-order valence-electron chi connectivity index (χ1n) is 7.27. The minimum atomic E-state index is -0.00250. The summed E-state index contributed by atoms with van der Waals surface area (Å²) in [5, 5.41) is 12.0. The third kappa shape index (κ3) is 2.89. The Kier molecular flexibility index (Phi) is 4.49. The van der Waals surface area contributed by atoms with Gasteiger partial charge in [0.25, 0.3) is 0 Å². The number of hydrogen-bond donors (Lipinski definition) is 1. The van der Waals surface area contributed by atoms with Crippen LogP contribution in [0.25, 0.3) is 0 Å². The minimum Gasteiger partial charge on any atom is -0.497 e. The van der Waals surface area contributed by atoms with Crippen LogP contribution in [0.1, 0.15) is 23.6 Å². The summed E-state index contributed by atoms with van der Waals surface area (Å²) in [6.45, 7) is 1.86. The fraction of sp³-hybridized carbons (Fsp3) is 0.438. The molecule has 1 aliphatic heterocycles. The quantitative estimate of drug-likeness (QED) is 0.918. The molecule has 3 rings (SSSR count). The molecule has 1 saturated heterocycles. The average Bonchev–Trinajstić information content (AvgIpc) is 3.22. The molecule has 0 spiro atoms. The Balaban J connectivity index is 1.80. The number of benzene rings is 1. The maximum atomic E-state index is 9.14. The van der Waals surface area contributed by atoms with Crippen LogP contribution in [-0.2, 0) is 6.61 Å². The summed E-state index contributed by atoms with van der Waals surface area (Å²) in [6.07, 6.45) is 1.05. The number of aliphatic hydroxyl groups excluding tert-OH is 1. The molecule has 2 heterocycles. The number of aliphatic hydroxyl groups is 1. The monoisotopic (exact) mass is 320 g/mol. The summed E-state index contributed by atoms with van der Waals surface area (Å²) in [6, 6.07) is 5.95. The van der Waals surface area contributed by atoms with Gasteiger partial charge in [0.2, 0.25) is 0 Å². The van der Waals surface area contributed by atoms with E-state index in [4.69, 9.17) is 14.6 Å². The normalized spacial score (nSPS) is 17.8. The number of methoxy groups -OCH3 is 2. The van der Waals surface area contributed by atoms with E-state index in [1.807, 2.05) is 17.5 Å². The van der Waals surface area contributed by atoms with Crippen molar-refractivity contribution >= 4 is 16.5 Å². The van der Waals surface area contributed by atoms with Crippen LogP contribution in [0, 0.1) is 0 Å². The number of anilines is 1. The van der Waals surface area contributed by atoms with Crippen molar-refractivity contribution in [2.24, 2.45) is 0 Å². The maximum Gasteiger partial charge on any atom is 0.185 e. The second-order valence-corrected chi connectivity index (χ2v) is 6.16. The lowest BCUT2D eigenvalue weighted by Crippen LogP contribution is -2.19. The molecular formula is C16H20N2O3S. The van der Waals surface area contributed by atoms with Crippen molar-refractivity contribution < 1.29 is 14.6 Å². The fourth-order valence-corrected chi connectivity index (χ4v) is 3.71. The molecule has 1 aromatic heterocycles. The summed E-state index contributed by atoms with van der Waals surface area (Å²) in [5.74, 6) is 2.15. The highest BCUT2D eigenvalue weighted by molar-refractivity contribution is 7.13. The Bertz CT molecular complexity index is 644. The highest BCUT2D eigenvalue weighted by atomic mass is 32.1. The topological polar surface area (TPSA) is 54.8 Å². The molecular weight excluding hydrogens is 300 g/mol. The number of ether oxygens (including phenoxy) is 2. The third-order valence-electron chi connectivity index (χ3n) is 4.04. The summed E-state index contributed by atoms with van der Waals surface area (Å²) < 4.78 is 10.8. The molecule has 0 aliphatic carbocycles. The highest BCUT2D eigenvalue weighted by Crippen LogP contribution is 2.38. The Labute approximate surface area is 134 Å². The summed E-state index contributed by atoms with van der Waals surface area (Å²) in [5.41, 5.74) is 1.92. The van der Waals surface area contributed by atoms with Crippen molar-refractivity contribution in [1.82, 2.24) is 4.98 Å². The van der Waals surface area contributed by atoms with E-state index in [9.17, 15) is 0 Å². The van der Waals surface area contributed by atoms with Gasteiger partial charge in [0.15, 0.2) is 5.13 Å². The molecule has 5 nitrogen and oxygen atoms in total. The first kappa shape index (κ1) is 15.1. The second-order valence-electron chi connectivity index (χ2n) is 5.32. The smallest absolute Gasteiger partial charge is 0.185 e. The van der Waals surface area contributed by atoms with E-state index in [0.717, 1.165) is 41.8 Å². The average molecular weight is 320 g/mol. The van der Waals surface area contributed by atoms with Gasteiger partial charge in [0, 0.05) is 30.0 Å². The summed E-state index contributed by atoms with van der Waals surface area (Å²) in [7, 11) is 3.38. The van der Waals surface area contributed by atoms with Gasteiger partial charge in [-0.05, 0) is 24.6 Å². The molecule has 0 unspecified atom stereocenters. The standard InChI is InChI=1S/C16H20N2O3S/c1-20-13-3-4-15(21-2)14(7-13)11-5-6-18(8-11)16-17-12(9-19)10-22-16/h3-4,7,10-11,19H,5-6,8-9H2,1-2H3/t11-/m1/s1. The lowest BCUT2D eigenvalue weighted by atomic mass is 9.97. The lowest BCUT2D eigenvalue weighted by molar-refractivity contribution is 0.277. The zero-order chi connectivity index (χ0) is 15.5. The van der Waals surface area contributed by atoms with Gasteiger partial charge in [-0.1, -0.05) is 0 Å². The molecule has 1 fully saturated rings. The van der Waals surface area contributed by atoms with Crippen molar-refractivity contribution in [1.29, 1.82) is 0 Å². The zero-order valence-corrected chi connectivity index (χ0v) is 13.6. The number of rotatable bonds is 5. The molecule has 118 valence electrons. The van der Waals surface area contributed by atoms with Crippen LogP contribution in [0.15, 0.2) is 23.6 Å². The van der Waals surface area contributed by atoms with Crippen molar-refractivity contribution in [3.8, 4) is 11.5 Å². The van der Waals surface area contributed by atoms with E-state index in [2.05, 4.69) is 16.0 Å². The van der Waals surface area contributed by atoms with Crippen molar-refractivity contribution in [2.45, 2.75) is 18.9 Å². The molecule has 0 radical (unpaired) electrons. The number of thiazole rings is 1. The molecule has 0 bridgehead atoms. The van der Waals surface area contributed by atoms with Gasteiger partial charge in [-0.15, -0.1) is 11.3 Å². The molecule has 22 heavy (non-hydrogen) atoms. The summed E-state index contributed by atoms with van der Waals surface area (Å²) >= 11 is 1.59. The Morgan fingerprint density at radius 2 is 2.23 bits per heavy atom. The fourth-order valence-electron chi connectivity index (χ4n) is 2.86. The van der Waals surface area contributed by atoms with Gasteiger partial charge < -0.3 is 19.5 Å². The highest BCUT2D eigenvalue weighted by Gasteiger charge is 2.28. The first-order valence-corrected chi connectivity index (χ1v) is 8.15. The number of hydrogen-bond acceptors (Lipinski definition) is 6. The van der Waals surface area contributed by atoms with Crippen molar-refractivity contribution in [3.63, 3.8) is 0 Å². The van der Waals surface area contributed by atoms with Crippen LogP contribution in [0.3, 0.4) is 0 Å². The predicted molar refractivity (Wildman–Crippen MR) is 87.2 cm³/mol. The minimum absolute atomic E-state index is 0.00250. The van der Waals surface area contributed by atoms with E-state index in [1.54, 1.807) is 25.6 Å². The molecule has 2 aromatic rings. The van der Waals surface area contributed by atoms with Crippen LogP contribution < -0.4 is 14.4 Å². The SMILES string of the molecule is COc1ccc(OC)c([C@@H]2CCN(c3nc(CO)cs3)C2)c1.